The number of halogens is 1. The van der Waals surface area contributed by atoms with Crippen LogP contribution in [-0.4, -0.2) is 0 Å². The van der Waals surface area contributed by atoms with Gasteiger partial charge in [0.2, 0.25) is 0 Å². The van der Waals surface area contributed by atoms with Gasteiger partial charge in [-0.15, -0.1) is 0 Å². The third kappa shape index (κ3) is 2.72. The summed E-state index contributed by atoms with van der Waals surface area (Å²) < 4.78 is 1.23. The molecule has 1 heteroatoms. The summed E-state index contributed by atoms with van der Waals surface area (Å²) in [6, 6.07) is 26.8. The Bertz CT molecular complexity index is 1170. The largest absolute Gasteiger partial charge is 0.0619 e. The van der Waals surface area contributed by atoms with Gasteiger partial charge < -0.3 is 0 Å². The zero-order valence-electron chi connectivity index (χ0n) is 15.8. The average Bonchev–Trinajstić information content (AvgIpc) is 2.67. The van der Waals surface area contributed by atoms with E-state index in [0.29, 0.717) is 5.92 Å². The second kappa shape index (κ2) is 6.21. The van der Waals surface area contributed by atoms with Crippen LogP contribution >= 0.6 is 15.9 Å². The minimum Gasteiger partial charge on any atom is -0.0619 e. The highest BCUT2D eigenvalue weighted by atomic mass is 79.9. The first kappa shape index (κ1) is 17.0. The van der Waals surface area contributed by atoms with Gasteiger partial charge >= 0.3 is 0 Å². The molecule has 0 saturated heterocycles. The van der Waals surface area contributed by atoms with E-state index in [2.05, 4.69) is 103 Å². The molecule has 0 aromatic heterocycles. The maximum Gasteiger partial charge on any atom is 0.0210 e. The van der Waals surface area contributed by atoms with Gasteiger partial charge in [0.25, 0.3) is 0 Å². The van der Waals surface area contributed by atoms with Gasteiger partial charge in [0, 0.05) is 4.47 Å². The summed E-state index contributed by atoms with van der Waals surface area (Å²) in [6.45, 7) is 4.86. The van der Waals surface area contributed by atoms with Gasteiger partial charge in [-0.2, -0.15) is 0 Å². The van der Waals surface area contributed by atoms with Gasteiger partial charge in [-0.25, -0.2) is 0 Å². The van der Waals surface area contributed by atoms with Gasteiger partial charge in [0.15, 0.2) is 0 Å². The molecule has 0 amide bonds. The minimum absolute atomic E-state index is 0.219. The molecular formula is C26H23Br. The predicted octanol–water partition coefficient (Wildman–Crippen LogP) is 7.66. The van der Waals surface area contributed by atoms with Crippen molar-refractivity contribution >= 4 is 37.5 Å². The number of hydrogen-bond donors (Lipinski definition) is 0. The van der Waals surface area contributed by atoms with E-state index in [0.717, 1.165) is 12.8 Å². The monoisotopic (exact) mass is 414 g/mol. The van der Waals surface area contributed by atoms with Crippen LogP contribution in [0.4, 0.5) is 0 Å². The second-order valence-corrected chi connectivity index (χ2v) is 9.38. The van der Waals surface area contributed by atoms with Crippen LogP contribution in [0.15, 0.2) is 77.3 Å². The molecule has 134 valence electrons. The lowest BCUT2D eigenvalue weighted by Gasteiger charge is -2.41. The molecule has 0 nitrogen and oxygen atoms in total. The van der Waals surface area contributed by atoms with Crippen molar-refractivity contribution in [1.82, 2.24) is 0 Å². The number of fused-ring (bicyclic) bond motifs is 5. The van der Waals surface area contributed by atoms with Crippen LogP contribution < -0.4 is 0 Å². The Balaban J connectivity index is 1.70. The van der Waals surface area contributed by atoms with Crippen molar-refractivity contribution < 1.29 is 0 Å². The van der Waals surface area contributed by atoms with Gasteiger partial charge in [-0.3, -0.25) is 0 Å². The van der Waals surface area contributed by atoms with E-state index >= 15 is 0 Å². The Labute approximate surface area is 169 Å². The molecule has 4 aromatic rings. The van der Waals surface area contributed by atoms with Crippen molar-refractivity contribution in [3.63, 3.8) is 0 Å². The van der Waals surface area contributed by atoms with E-state index in [9.17, 15) is 0 Å². The zero-order valence-corrected chi connectivity index (χ0v) is 17.4. The molecular weight excluding hydrogens is 392 g/mol. The Morgan fingerprint density at radius 3 is 2.37 bits per heavy atom. The smallest absolute Gasteiger partial charge is 0.0210 e. The normalized spacial score (nSPS) is 18.6. The molecule has 0 spiro atoms. The fourth-order valence-corrected chi connectivity index (χ4v) is 5.52. The summed E-state index contributed by atoms with van der Waals surface area (Å²) in [5, 5.41) is 5.52. The molecule has 0 bridgehead atoms. The molecule has 0 fully saturated rings. The summed E-state index contributed by atoms with van der Waals surface area (Å²) in [5.41, 5.74) is 4.72. The molecule has 0 heterocycles. The first-order valence-corrected chi connectivity index (χ1v) is 10.5. The van der Waals surface area contributed by atoms with Crippen molar-refractivity contribution in [3.05, 3.63) is 94.0 Å². The van der Waals surface area contributed by atoms with Gasteiger partial charge in [-0.1, -0.05) is 96.5 Å². The SMILES string of the molecule is CC1(C)Cc2c(ccc3c2ccc2ccccc23)CC1c1ccccc1Br. The standard InChI is InChI=1S/C26H23Br/c1-26(2)16-23-18(15-24(26)22-9-5-6-10-25(22)27)12-14-20-19-8-4-3-7-17(19)11-13-21(20)23/h3-14,24H,15-16H2,1-2H3. The number of benzene rings is 4. The molecule has 1 aliphatic rings. The highest BCUT2D eigenvalue weighted by Gasteiger charge is 2.37. The van der Waals surface area contributed by atoms with E-state index in [4.69, 9.17) is 0 Å². The summed E-state index contributed by atoms with van der Waals surface area (Å²) >= 11 is 3.79. The molecule has 0 aliphatic heterocycles. The number of rotatable bonds is 1. The van der Waals surface area contributed by atoms with Gasteiger partial charge in [0.05, 0.1) is 0 Å². The molecule has 1 unspecified atom stereocenters. The van der Waals surface area contributed by atoms with Crippen LogP contribution in [0, 0.1) is 5.41 Å². The summed E-state index contributed by atoms with van der Waals surface area (Å²) in [6.07, 6.45) is 2.22. The van der Waals surface area contributed by atoms with E-state index in [-0.39, 0.29) is 5.41 Å². The fraction of sp³-hybridized carbons (Fsp3) is 0.231. The summed E-state index contributed by atoms with van der Waals surface area (Å²) in [7, 11) is 0. The maximum atomic E-state index is 3.79. The molecule has 0 radical (unpaired) electrons. The number of hydrogen-bond acceptors (Lipinski definition) is 0. The van der Waals surface area contributed by atoms with E-state index < -0.39 is 0 Å². The molecule has 27 heavy (non-hydrogen) atoms. The van der Waals surface area contributed by atoms with Gasteiger partial charge in [0.1, 0.15) is 0 Å². The molecule has 0 saturated carbocycles. The minimum atomic E-state index is 0.219. The highest BCUT2D eigenvalue weighted by Crippen LogP contribution is 2.49. The van der Waals surface area contributed by atoms with Crippen molar-refractivity contribution in [3.8, 4) is 0 Å². The van der Waals surface area contributed by atoms with Crippen LogP contribution in [0.5, 0.6) is 0 Å². The third-order valence-electron chi connectivity index (χ3n) is 6.42. The molecule has 0 N–H and O–H groups in total. The third-order valence-corrected chi connectivity index (χ3v) is 7.14. The van der Waals surface area contributed by atoms with Crippen molar-refractivity contribution in [2.45, 2.75) is 32.6 Å². The van der Waals surface area contributed by atoms with E-state index in [1.807, 2.05) is 0 Å². The maximum absolute atomic E-state index is 3.79. The lowest BCUT2D eigenvalue weighted by molar-refractivity contribution is 0.263. The van der Waals surface area contributed by atoms with E-state index in [1.165, 1.54) is 37.1 Å². The van der Waals surface area contributed by atoms with E-state index in [1.54, 1.807) is 5.56 Å². The van der Waals surface area contributed by atoms with Gasteiger partial charge in [-0.05, 0) is 68.5 Å². The van der Waals surface area contributed by atoms with Crippen LogP contribution in [0.2, 0.25) is 0 Å². The predicted molar refractivity (Wildman–Crippen MR) is 120 cm³/mol. The lowest BCUT2D eigenvalue weighted by Crippen LogP contribution is -2.31. The Hall–Kier alpha value is -2.12. The fourth-order valence-electron chi connectivity index (χ4n) is 4.96. The zero-order chi connectivity index (χ0) is 18.6. The van der Waals surface area contributed by atoms with Crippen LogP contribution in [0.1, 0.15) is 36.5 Å². The molecule has 5 rings (SSSR count). The van der Waals surface area contributed by atoms with Crippen LogP contribution in [-0.2, 0) is 12.8 Å². The molecule has 1 aliphatic carbocycles. The van der Waals surface area contributed by atoms with Crippen molar-refractivity contribution in [2.75, 3.05) is 0 Å². The average molecular weight is 415 g/mol. The quantitative estimate of drug-likeness (QED) is 0.280. The molecule has 1 atom stereocenters. The lowest BCUT2D eigenvalue weighted by atomic mass is 9.63. The first-order chi connectivity index (χ1) is 13.0. The van der Waals surface area contributed by atoms with Crippen LogP contribution in [0.3, 0.4) is 0 Å². The topological polar surface area (TPSA) is 0 Å². The van der Waals surface area contributed by atoms with Crippen molar-refractivity contribution in [1.29, 1.82) is 0 Å². The second-order valence-electron chi connectivity index (χ2n) is 8.53. The Kier molecular flexibility index (Phi) is 3.91. The Morgan fingerprint density at radius 2 is 1.52 bits per heavy atom. The molecule has 4 aromatic carbocycles. The van der Waals surface area contributed by atoms with Crippen LogP contribution in [0.25, 0.3) is 21.5 Å². The highest BCUT2D eigenvalue weighted by molar-refractivity contribution is 9.10. The van der Waals surface area contributed by atoms with Crippen molar-refractivity contribution in [2.24, 2.45) is 5.41 Å². The Morgan fingerprint density at radius 1 is 0.778 bits per heavy atom. The summed E-state index contributed by atoms with van der Waals surface area (Å²) in [4.78, 5) is 0. The summed E-state index contributed by atoms with van der Waals surface area (Å²) in [5.74, 6) is 0.526. The first-order valence-electron chi connectivity index (χ1n) is 9.71.